The number of fused-ring (bicyclic) bond motifs is 1. The topological polar surface area (TPSA) is 100 Å². The molecule has 2 N–H and O–H groups in total. The number of halogens is 1. The summed E-state index contributed by atoms with van der Waals surface area (Å²) in [5.74, 6) is 3.29. The maximum absolute atomic E-state index is 6.42. The summed E-state index contributed by atoms with van der Waals surface area (Å²) in [7, 11) is 3.25. The molecule has 178 valence electrons. The van der Waals surface area contributed by atoms with E-state index in [1.165, 1.54) is 0 Å². The lowest BCUT2D eigenvalue weighted by atomic mass is 9.94. The van der Waals surface area contributed by atoms with E-state index in [0.29, 0.717) is 23.2 Å². The molecule has 34 heavy (non-hydrogen) atoms. The highest BCUT2D eigenvalue weighted by Gasteiger charge is 2.28. The molecular weight excluding hydrogens is 456 g/mol. The minimum Gasteiger partial charge on any atom is -0.500 e. The molecule has 1 aliphatic heterocycles. The highest BCUT2D eigenvalue weighted by molar-refractivity contribution is 6.30. The van der Waals surface area contributed by atoms with Crippen LogP contribution in [0.2, 0.25) is 0 Å². The maximum Gasteiger partial charge on any atom is 0.221 e. The number of nitrogens with zero attached hydrogens (tertiary/aromatic N) is 5. The van der Waals surface area contributed by atoms with Crippen LogP contribution in [0.25, 0.3) is 5.65 Å². The molecule has 0 radical (unpaired) electrons. The fourth-order valence-electron chi connectivity index (χ4n) is 4.47. The van der Waals surface area contributed by atoms with Gasteiger partial charge in [0.05, 0.1) is 30.9 Å². The van der Waals surface area contributed by atoms with Gasteiger partial charge in [-0.25, -0.2) is 9.97 Å². The predicted octanol–water partition coefficient (Wildman–Crippen LogP) is 3.87. The van der Waals surface area contributed by atoms with Crippen LogP contribution < -0.4 is 15.4 Å². The van der Waals surface area contributed by atoms with E-state index in [-0.39, 0.29) is 12.0 Å². The average molecular weight is 483 g/mol. The number of nitrogens with two attached hydrogens (primary N) is 1. The molecule has 0 saturated carbocycles. The van der Waals surface area contributed by atoms with Crippen molar-refractivity contribution in [2.24, 2.45) is 0 Å². The van der Waals surface area contributed by atoms with Crippen LogP contribution in [-0.4, -0.2) is 52.8 Å². The highest BCUT2D eigenvalue weighted by atomic mass is 35.5. The van der Waals surface area contributed by atoms with Crippen molar-refractivity contribution in [3.63, 3.8) is 0 Å². The summed E-state index contributed by atoms with van der Waals surface area (Å²) < 4.78 is 19.2. The summed E-state index contributed by atoms with van der Waals surface area (Å²) >= 11 is 6.42. The zero-order valence-corrected chi connectivity index (χ0v) is 19.9. The van der Waals surface area contributed by atoms with Crippen molar-refractivity contribution in [3.8, 4) is 5.75 Å². The van der Waals surface area contributed by atoms with Crippen LogP contribution in [0.5, 0.6) is 5.75 Å². The first-order chi connectivity index (χ1) is 16.5. The molecule has 1 atom stereocenters. The standard InChI is InChI=1S/C24H27ClN6O3/c1-32-20-13-21(33-2)18(25)12-17(20)19-14-31-10-6-16(11-23(31)28-19)34-15-4-8-30(9-5-15)22-3-7-27-24(26)29-22/h3,6-7,10-11,13-15,17H,4-5,8-9,12H2,1-2H3,(H2,26,27,29). The van der Waals surface area contributed by atoms with E-state index in [9.17, 15) is 0 Å². The molecular formula is C24H27ClN6O3. The van der Waals surface area contributed by atoms with E-state index < -0.39 is 0 Å². The molecule has 0 aromatic carbocycles. The molecule has 1 saturated heterocycles. The molecule has 4 heterocycles. The summed E-state index contributed by atoms with van der Waals surface area (Å²) in [6.45, 7) is 1.70. The van der Waals surface area contributed by atoms with Crippen LogP contribution in [0.15, 0.2) is 59.4 Å². The lowest BCUT2D eigenvalue weighted by molar-refractivity contribution is 0.170. The van der Waals surface area contributed by atoms with Crippen LogP contribution in [0.4, 0.5) is 11.8 Å². The molecule has 1 unspecified atom stereocenters. The smallest absolute Gasteiger partial charge is 0.221 e. The van der Waals surface area contributed by atoms with Crippen LogP contribution in [0.1, 0.15) is 30.9 Å². The van der Waals surface area contributed by atoms with Gasteiger partial charge < -0.3 is 29.2 Å². The largest absolute Gasteiger partial charge is 0.500 e. The fourth-order valence-corrected chi connectivity index (χ4v) is 4.75. The minimum absolute atomic E-state index is 0.0687. The summed E-state index contributed by atoms with van der Waals surface area (Å²) in [6, 6.07) is 5.83. The highest BCUT2D eigenvalue weighted by Crippen LogP contribution is 2.38. The molecule has 3 aromatic heterocycles. The van der Waals surface area contributed by atoms with Crippen LogP contribution in [0.3, 0.4) is 0 Å². The summed E-state index contributed by atoms with van der Waals surface area (Å²) in [6.07, 6.45) is 9.99. The number of hydrogen-bond donors (Lipinski definition) is 1. The SMILES string of the molecule is COC1=CC(OC)=C(Cl)CC1c1cn2ccc(OC3CCN(c4ccnc(N)n4)CC3)cc2n1. The number of aromatic nitrogens is 4. The Labute approximate surface area is 202 Å². The van der Waals surface area contributed by atoms with Crippen molar-refractivity contribution in [1.82, 2.24) is 19.4 Å². The average Bonchev–Trinajstić information content (AvgIpc) is 3.27. The molecule has 1 aliphatic carbocycles. The van der Waals surface area contributed by atoms with Gasteiger partial charge in [0.25, 0.3) is 0 Å². The molecule has 1 fully saturated rings. The third-order valence-electron chi connectivity index (χ3n) is 6.26. The van der Waals surface area contributed by atoms with E-state index in [4.69, 9.17) is 36.5 Å². The van der Waals surface area contributed by atoms with Crippen molar-refractivity contribution in [2.75, 3.05) is 37.9 Å². The van der Waals surface area contributed by atoms with Gasteiger partial charge in [-0.05, 0) is 12.1 Å². The number of methoxy groups -OCH3 is 2. The number of rotatable bonds is 6. The van der Waals surface area contributed by atoms with Crippen molar-refractivity contribution < 1.29 is 14.2 Å². The monoisotopic (exact) mass is 482 g/mol. The zero-order valence-electron chi connectivity index (χ0n) is 19.1. The van der Waals surface area contributed by atoms with Gasteiger partial charge in [0, 0.05) is 63.1 Å². The normalized spacial score (nSPS) is 19.3. The van der Waals surface area contributed by atoms with Crippen molar-refractivity contribution >= 4 is 29.0 Å². The van der Waals surface area contributed by atoms with Crippen molar-refractivity contribution in [3.05, 3.63) is 65.1 Å². The molecule has 5 rings (SSSR count). The predicted molar refractivity (Wildman–Crippen MR) is 130 cm³/mol. The summed E-state index contributed by atoms with van der Waals surface area (Å²) in [5, 5.41) is 0.658. The maximum atomic E-state index is 6.42. The van der Waals surface area contributed by atoms with Gasteiger partial charge >= 0.3 is 0 Å². The Bertz CT molecular complexity index is 1250. The molecule has 0 spiro atoms. The second kappa shape index (κ2) is 9.42. The number of pyridine rings is 1. The molecule has 10 heteroatoms. The van der Waals surface area contributed by atoms with Crippen LogP contribution in [-0.2, 0) is 9.47 Å². The third-order valence-corrected chi connectivity index (χ3v) is 6.60. The second-order valence-corrected chi connectivity index (χ2v) is 8.81. The number of hydrogen-bond acceptors (Lipinski definition) is 8. The minimum atomic E-state index is -0.0687. The van der Waals surface area contributed by atoms with E-state index in [1.54, 1.807) is 20.4 Å². The Hall–Kier alpha value is -3.46. The molecule has 3 aromatic rings. The molecule has 9 nitrogen and oxygen atoms in total. The summed E-state index contributed by atoms with van der Waals surface area (Å²) in [4.78, 5) is 15.3. The van der Waals surface area contributed by atoms with Gasteiger partial charge in [0.1, 0.15) is 34.8 Å². The first-order valence-electron chi connectivity index (χ1n) is 11.2. The Balaban J connectivity index is 1.27. The zero-order chi connectivity index (χ0) is 23.7. The number of ether oxygens (including phenoxy) is 3. The van der Waals surface area contributed by atoms with Gasteiger partial charge in [-0.2, -0.15) is 4.98 Å². The van der Waals surface area contributed by atoms with E-state index in [1.807, 2.05) is 41.1 Å². The first-order valence-corrected chi connectivity index (χ1v) is 11.6. The lowest BCUT2D eigenvalue weighted by Crippen LogP contribution is -2.38. The Kier molecular flexibility index (Phi) is 6.19. The molecule has 2 aliphatic rings. The quantitative estimate of drug-likeness (QED) is 0.565. The second-order valence-electron chi connectivity index (χ2n) is 8.35. The Morgan fingerprint density at radius 3 is 2.68 bits per heavy atom. The summed E-state index contributed by atoms with van der Waals surface area (Å²) in [5.41, 5.74) is 7.42. The first kappa shape index (κ1) is 22.3. The molecule has 0 bridgehead atoms. The van der Waals surface area contributed by atoms with E-state index >= 15 is 0 Å². The van der Waals surface area contributed by atoms with Gasteiger partial charge in [-0.3, -0.25) is 0 Å². The number of imidazole rings is 1. The van der Waals surface area contributed by atoms with Gasteiger partial charge in [0.2, 0.25) is 5.95 Å². The van der Waals surface area contributed by atoms with Crippen LogP contribution >= 0.6 is 11.6 Å². The fraction of sp³-hybridized carbons (Fsp3) is 0.375. The Morgan fingerprint density at radius 1 is 1.12 bits per heavy atom. The number of nitrogen functional groups attached to an aromatic ring is 1. The van der Waals surface area contributed by atoms with E-state index in [2.05, 4.69) is 14.9 Å². The third kappa shape index (κ3) is 4.48. The Morgan fingerprint density at radius 2 is 1.94 bits per heavy atom. The molecule has 0 amide bonds. The van der Waals surface area contributed by atoms with Crippen molar-refractivity contribution in [1.29, 1.82) is 0 Å². The van der Waals surface area contributed by atoms with Crippen LogP contribution in [0, 0.1) is 0 Å². The van der Waals surface area contributed by atoms with Gasteiger partial charge in [-0.15, -0.1) is 0 Å². The van der Waals surface area contributed by atoms with Crippen molar-refractivity contribution in [2.45, 2.75) is 31.3 Å². The lowest BCUT2D eigenvalue weighted by Gasteiger charge is -2.32. The van der Waals surface area contributed by atoms with Gasteiger partial charge in [0.15, 0.2) is 0 Å². The number of piperidine rings is 1. The number of anilines is 2. The van der Waals surface area contributed by atoms with E-state index in [0.717, 1.165) is 54.6 Å². The van der Waals surface area contributed by atoms with Gasteiger partial charge in [-0.1, -0.05) is 11.6 Å². The number of allylic oxidation sites excluding steroid dienone is 3.